The molecule has 1 saturated carbocycles. The summed E-state index contributed by atoms with van der Waals surface area (Å²) >= 11 is 3.36. The first-order chi connectivity index (χ1) is 15.7. The Morgan fingerprint density at radius 2 is 2.00 bits per heavy atom. The molecule has 2 N–H and O–H groups in total. The molecule has 0 spiro atoms. The highest BCUT2D eigenvalue weighted by atomic mass is 79.9. The lowest BCUT2D eigenvalue weighted by Crippen LogP contribution is -2.44. The van der Waals surface area contributed by atoms with E-state index < -0.39 is 12.0 Å². The van der Waals surface area contributed by atoms with Crippen LogP contribution in [0.4, 0.5) is 0 Å². The summed E-state index contributed by atoms with van der Waals surface area (Å²) in [4.78, 5) is 44.3. The largest absolute Gasteiger partial charge is 0.476 e. The number of nitrogens with one attached hydrogen (secondary N) is 1. The quantitative estimate of drug-likeness (QED) is 0.490. The summed E-state index contributed by atoms with van der Waals surface area (Å²) in [6.45, 7) is 4.06. The zero-order chi connectivity index (χ0) is 23.5. The van der Waals surface area contributed by atoms with Gasteiger partial charge in [0.05, 0.1) is 30.1 Å². The van der Waals surface area contributed by atoms with Gasteiger partial charge in [0.25, 0.3) is 0 Å². The first-order valence-corrected chi connectivity index (χ1v) is 11.6. The monoisotopic (exact) mass is 510 g/mol. The molecule has 0 unspecified atom stereocenters. The molecule has 2 fully saturated rings. The molecule has 2 aromatic heterocycles. The van der Waals surface area contributed by atoms with E-state index in [4.69, 9.17) is 0 Å². The molecule has 5 rings (SSSR count). The van der Waals surface area contributed by atoms with Crippen LogP contribution in [0.25, 0.3) is 10.9 Å². The van der Waals surface area contributed by atoms with E-state index in [0.29, 0.717) is 27.5 Å². The van der Waals surface area contributed by atoms with Crippen molar-refractivity contribution >= 4 is 44.5 Å². The second-order valence-corrected chi connectivity index (χ2v) is 10.2. The minimum absolute atomic E-state index is 0.00363. The maximum absolute atomic E-state index is 13.4. The summed E-state index contributed by atoms with van der Waals surface area (Å²) in [5.41, 5.74) is 2.88. The number of fused-ring (bicyclic) bond motifs is 2. The van der Waals surface area contributed by atoms with Crippen LogP contribution >= 0.6 is 15.9 Å². The summed E-state index contributed by atoms with van der Waals surface area (Å²) in [5.74, 6) is -1.23. The maximum Gasteiger partial charge on any atom is 0.357 e. The number of ketones is 1. The molecule has 170 valence electrons. The topological polar surface area (TPSA) is 116 Å². The van der Waals surface area contributed by atoms with Crippen LogP contribution in [0.3, 0.4) is 0 Å². The average Bonchev–Trinajstić information content (AvgIpc) is 3.10. The van der Waals surface area contributed by atoms with Crippen LogP contribution in [0, 0.1) is 12.3 Å². The Kier molecular flexibility index (Phi) is 5.12. The number of benzene rings is 1. The maximum atomic E-state index is 13.4. The second-order valence-electron chi connectivity index (χ2n) is 9.37. The van der Waals surface area contributed by atoms with E-state index in [1.165, 1.54) is 0 Å². The number of nitrogens with zero attached hydrogens (tertiary/aromatic N) is 3. The normalized spacial score (nSPS) is 23.5. The van der Waals surface area contributed by atoms with Gasteiger partial charge in [0.15, 0.2) is 11.5 Å². The van der Waals surface area contributed by atoms with Gasteiger partial charge in [-0.3, -0.25) is 14.7 Å². The number of carbonyl (C=O) groups excluding carboxylic acids is 2. The first kappa shape index (κ1) is 21.8. The lowest BCUT2D eigenvalue weighted by molar-refractivity contribution is -0.138. The number of aryl methyl sites for hydroxylation is 1. The number of hydrogen-bond donors (Lipinski definition) is 2. The van der Waals surface area contributed by atoms with Crippen molar-refractivity contribution in [2.75, 3.05) is 0 Å². The molecule has 8 nitrogen and oxygen atoms in total. The van der Waals surface area contributed by atoms with Gasteiger partial charge < -0.3 is 10.0 Å². The van der Waals surface area contributed by atoms with E-state index >= 15 is 0 Å². The van der Waals surface area contributed by atoms with Gasteiger partial charge in [0, 0.05) is 11.4 Å². The number of pyridine rings is 1. The van der Waals surface area contributed by atoms with E-state index in [1.807, 2.05) is 19.1 Å². The number of piperidine rings is 1. The predicted molar refractivity (Wildman–Crippen MR) is 124 cm³/mol. The van der Waals surface area contributed by atoms with Crippen molar-refractivity contribution in [3.05, 3.63) is 57.4 Å². The number of aromatic nitrogens is 3. The number of H-pyrrole nitrogens is 1. The van der Waals surface area contributed by atoms with Crippen LogP contribution in [0.15, 0.2) is 34.9 Å². The Labute approximate surface area is 198 Å². The molecule has 0 radical (unpaired) electrons. The van der Waals surface area contributed by atoms with Crippen molar-refractivity contribution in [3.63, 3.8) is 0 Å². The molecular formula is C24H23BrN4O4. The van der Waals surface area contributed by atoms with Gasteiger partial charge in [0.1, 0.15) is 4.60 Å². The Hall–Kier alpha value is -3.07. The van der Waals surface area contributed by atoms with Crippen molar-refractivity contribution < 1.29 is 19.5 Å². The van der Waals surface area contributed by atoms with Crippen LogP contribution in [-0.4, -0.2) is 54.9 Å². The zero-order valence-corrected chi connectivity index (χ0v) is 19.8. The Balaban J connectivity index is 1.38. The molecule has 1 aliphatic heterocycles. The third-order valence-electron chi connectivity index (χ3n) is 6.99. The summed E-state index contributed by atoms with van der Waals surface area (Å²) in [7, 11) is 0. The van der Waals surface area contributed by atoms with E-state index in [2.05, 4.69) is 38.0 Å². The van der Waals surface area contributed by atoms with Crippen LogP contribution < -0.4 is 0 Å². The fourth-order valence-corrected chi connectivity index (χ4v) is 5.36. The summed E-state index contributed by atoms with van der Waals surface area (Å²) < 4.78 is 0.681. The molecular weight excluding hydrogens is 488 g/mol. The second kappa shape index (κ2) is 7.76. The van der Waals surface area contributed by atoms with Crippen LogP contribution in [0.1, 0.15) is 47.1 Å². The smallest absolute Gasteiger partial charge is 0.357 e. The van der Waals surface area contributed by atoms with Crippen molar-refractivity contribution in [2.45, 2.75) is 51.6 Å². The van der Waals surface area contributed by atoms with Gasteiger partial charge >= 0.3 is 5.97 Å². The van der Waals surface area contributed by atoms with Crippen molar-refractivity contribution in [1.82, 2.24) is 20.1 Å². The lowest BCUT2D eigenvalue weighted by atomic mass is 9.96. The molecule has 3 atom stereocenters. The number of likely N-dealkylation sites (tertiary alicyclic amines) is 1. The summed E-state index contributed by atoms with van der Waals surface area (Å²) in [6, 6.07) is 8.58. The van der Waals surface area contributed by atoms with Crippen molar-refractivity contribution in [3.8, 4) is 0 Å². The number of amides is 1. The molecule has 1 saturated heterocycles. The molecule has 1 aromatic carbocycles. The van der Waals surface area contributed by atoms with Gasteiger partial charge in [-0.05, 0) is 70.4 Å². The fourth-order valence-electron chi connectivity index (χ4n) is 5.02. The Morgan fingerprint density at radius 1 is 1.21 bits per heavy atom. The number of carbonyl (C=O) groups is 3. The van der Waals surface area contributed by atoms with Crippen molar-refractivity contribution in [2.24, 2.45) is 5.41 Å². The molecule has 33 heavy (non-hydrogen) atoms. The summed E-state index contributed by atoms with van der Waals surface area (Å²) in [6.07, 6.45) is 1.86. The Morgan fingerprint density at radius 3 is 2.76 bits per heavy atom. The van der Waals surface area contributed by atoms with E-state index in [9.17, 15) is 19.5 Å². The third kappa shape index (κ3) is 3.84. The average molecular weight is 511 g/mol. The number of carboxylic acid groups (broad SMARTS) is 1. The molecule has 0 bridgehead atoms. The SMILES string of the molecule is Cc1ccc(Br)nc1CC(=O)[C@@H]1C[C@@]2(C)C[C@H]2N1C(=O)Cc1ccc2[nH]nc(C(=O)O)c2c1. The standard InChI is InChI=1S/C24H23BrN4O4/c1-12-3-6-20(25)26-16(12)9-18(30)17-10-24(2)11-19(24)29(17)21(31)8-13-4-5-15-14(7-13)22(23(32)33)28-27-15/h3-7,17,19H,8-11H2,1-2H3,(H,27,28)(H,32,33)/t17-,19+,24-/m0/s1. The number of hydrogen-bond acceptors (Lipinski definition) is 5. The van der Waals surface area contributed by atoms with Crippen molar-refractivity contribution in [1.29, 1.82) is 0 Å². The molecule has 3 aromatic rings. The van der Waals surface area contributed by atoms with E-state index in [1.54, 1.807) is 23.1 Å². The number of aromatic carboxylic acids is 1. The molecule has 9 heteroatoms. The van der Waals surface area contributed by atoms with Crippen LogP contribution in [0.5, 0.6) is 0 Å². The van der Waals surface area contributed by atoms with E-state index in [-0.39, 0.29) is 41.7 Å². The minimum atomic E-state index is -1.12. The van der Waals surface area contributed by atoms with E-state index in [0.717, 1.165) is 17.7 Å². The van der Waals surface area contributed by atoms with Gasteiger partial charge in [-0.2, -0.15) is 5.10 Å². The molecule has 3 heterocycles. The Bertz CT molecular complexity index is 1320. The minimum Gasteiger partial charge on any atom is -0.476 e. The first-order valence-electron chi connectivity index (χ1n) is 10.8. The fraction of sp³-hybridized carbons (Fsp3) is 0.375. The van der Waals surface area contributed by atoms with Gasteiger partial charge in [-0.15, -0.1) is 0 Å². The third-order valence-corrected chi connectivity index (χ3v) is 7.43. The van der Waals surface area contributed by atoms with Gasteiger partial charge in [-0.25, -0.2) is 9.78 Å². The van der Waals surface area contributed by atoms with Crippen LogP contribution in [-0.2, 0) is 22.4 Å². The number of halogens is 1. The van der Waals surface area contributed by atoms with Gasteiger partial charge in [-0.1, -0.05) is 19.1 Å². The highest BCUT2D eigenvalue weighted by Gasteiger charge is 2.63. The number of aromatic amines is 1. The number of carboxylic acids is 1. The molecule has 2 aliphatic rings. The number of Topliss-reactive ketones (excluding diaryl/α,β-unsaturated/α-hetero) is 1. The predicted octanol–water partition coefficient (Wildman–Crippen LogP) is 3.46. The lowest BCUT2D eigenvalue weighted by Gasteiger charge is -2.27. The molecule has 1 aliphatic carbocycles. The van der Waals surface area contributed by atoms with Gasteiger partial charge in [0.2, 0.25) is 5.91 Å². The zero-order valence-electron chi connectivity index (χ0n) is 18.3. The highest BCUT2D eigenvalue weighted by molar-refractivity contribution is 9.10. The summed E-state index contributed by atoms with van der Waals surface area (Å²) in [5, 5.41) is 16.3. The highest BCUT2D eigenvalue weighted by Crippen LogP contribution is 2.59. The van der Waals surface area contributed by atoms with Crippen LogP contribution in [0.2, 0.25) is 0 Å². The molecule has 1 amide bonds. The number of rotatable bonds is 6.